The highest BCUT2D eigenvalue weighted by Gasteiger charge is 2.47. The molecule has 1 unspecified atom stereocenters. The molecule has 6 rings (SSSR count). The summed E-state index contributed by atoms with van der Waals surface area (Å²) >= 11 is 0. The van der Waals surface area contributed by atoms with Crippen LogP contribution in [0, 0.1) is 6.92 Å². The molecule has 0 saturated carbocycles. The topological polar surface area (TPSA) is 161 Å². The minimum absolute atomic E-state index is 0.0408. The number of fused-ring (bicyclic) bond motifs is 1. The second-order valence-corrected chi connectivity index (χ2v) is 9.76. The van der Waals surface area contributed by atoms with Gasteiger partial charge in [0.1, 0.15) is 12.2 Å². The maximum absolute atomic E-state index is 12.4. The number of nitrogens with one attached hydrogen (secondary N) is 2. The maximum atomic E-state index is 12.4. The molecule has 1 aromatic carbocycles. The molecule has 13 heteroatoms. The van der Waals surface area contributed by atoms with Gasteiger partial charge in [-0.15, -0.1) is 0 Å². The Hall–Kier alpha value is -3.91. The normalized spacial score (nSPS) is 24.9. The number of anilines is 1. The molecule has 1 amide bonds. The van der Waals surface area contributed by atoms with E-state index in [-0.39, 0.29) is 12.0 Å². The zero-order chi connectivity index (χ0) is 27.1. The molecule has 5 heterocycles. The van der Waals surface area contributed by atoms with Gasteiger partial charge in [-0.3, -0.25) is 9.36 Å². The number of aliphatic hydroxyl groups excluding tert-OH is 2. The number of benzene rings is 1. The van der Waals surface area contributed by atoms with Crippen LogP contribution in [0.3, 0.4) is 0 Å². The van der Waals surface area contributed by atoms with Gasteiger partial charge in [0.05, 0.1) is 25.2 Å². The summed E-state index contributed by atoms with van der Waals surface area (Å²) in [7, 11) is 0. The number of aryl methyl sites for hydroxylation is 1. The number of nitrogens with zero attached hydrogens (tertiary/aromatic N) is 6. The van der Waals surface area contributed by atoms with Crippen LogP contribution in [0.5, 0.6) is 0 Å². The van der Waals surface area contributed by atoms with Crippen LogP contribution in [0.4, 0.5) is 5.82 Å². The average Bonchev–Trinajstić information content (AvgIpc) is 3.73. The van der Waals surface area contributed by atoms with E-state index in [4.69, 9.17) is 19.4 Å². The van der Waals surface area contributed by atoms with Crippen LogP contribution in [-0.4, -0.2) is 89.5 Å². The fourth-order valence-corrected chi connectivity index (χ4v) is 4.84. The maximum Gasteiger partial charge on any atom is 0.254 e. The first kappa shape index (κ1) is 25.4. The molecule has 0 spiro atoms. The first-order valence-corrected chi connectivity index (χ1v) is 12.9. The fourth-order valence-electron chi connectivity index (χ4n) is 4.84. The van der Waals surface area contributed by atoms with E-state index in [1.54, 1.807) is 17.8 Å². The largest absolute Gasteiger partial charge is 0.387 e. The summed E-state index contributed by atoms with van der Waals surface area (Å²) in [5, 5.41) is 31.9. The highest BCUT2D eigenvalue weighted by atomic mass is 16.6. The van der Waals surface area contributed by atoms with Crippen molar-refractivity contribution in [1.82, 2.24) is 34.6 Å². The first-order chi connectivity index (χ1) is 18.9. The Balaban J connectivity index is 1.40. The van der Waals surface area contributed by atoms with Gasteiger partial charge in [-0.2, -0.15) is 15.1 Å². The van der Waals surface area contributed by atoms with Gasteiger partial charge in [-0.05, 0) is 25.8 Å². The number of rotatable bonds is 7. The molecule has 0 aliphatic carbocycles. The van der Waals surface area contributed by atoms with Gasteiger partial charge in [0.2, 0.25) is 0 Å². The molecule has 2 saturated heterocycles. The minimum Gasteiger partial charge on any atom is -0.387 e. The number of imidazole rings is 1. The van der Waals surface area contributed by atoms with Crippen LogP contribution >= 0.6 is 0 Å². The van der Waals surface area contributed by atoms with Crippen LogP contribution in [0.2, 0.25) is 0 Å². The van der Waals surface area contributed by atoms with Gasteiger partial charge in [0, 0.05) is 24.9 Å². The SMILES string of the molecule is CCNC(=O)[C@H]1O[C@@H](n2cnc3c(NC4CCOC4)nc(-n4cc(-c5ccc(C)cc5)cn4)nc32)[C@H](O)[C@@H]1O. The van der Waals surface area contributed by atoms with Gasteiger partial charge < -0.3 is 30.3 Å². The molecule has 4 aromatic rings. The van der Waals surface area contributed by atoms with E-state index in [1.165, 1.54) is 10.9 Å². The summed E-state index contributed by atoms with van der Waals surface area (Å²) in [6.07, 6.45) is 0.716. The summed E-state index contributed by atoms with van der Waals surface area (Å²) in [6, 6.07) is 8.17. The number of aromatic nitrogens is 6. The molecule has 3 aromatic heterocycles. The van der Waals surface area contributed by atoms with Gasteiger partial charge in [-0.25, -0.2) is 9.67 Å². The molecule has 2 aliphatic heterocycles. The standard InChI is InChI=1S/C26H30N8O5/c1-3-27-24(37)21-19(35)20(36)25(39-21)33-13-28-18-22(30-17-8-9-38-12-17)31-26(32-23(18)33)34-11-16(10-29-34)15-6-4-14(2)5-7-15/h4-7,10-11,13,17,19-21,25,35-36H,3,8-9,12H2,1-2H3,(H,27,37)(H,30,31,32)/t17?,19-,20+,21-,25+/m0/s1. The molecule has 2 aliphatic rings. The lowest BCUT2D eigenvalue weighted by molar-refractivity contribution is -0.137. The summed E-state index contributed by atoms with van der Waals surface area (Å²) < 4.78 is 14.4. The van der Waals surface area contributed by atoms with Crippen LogP contribution in [-0.2, 0) is 14.3 Å². The molecule has 5 atom stereocenters. The zero-order valence-electron chi connectivity index (χ0n) is 21.6. The number of carbonyl (C=O) groups is 1. The summed E-state index contributed by atoms with van der Waals surface area (Å²) in [5.74, 6) is 0.248. The third-order valence-corrected chi connectivity index (χ3v) is 6.97. The molecule has 2 fully saturated rings. The van der Waals surface area contributed by atoms with Crippen molar-refractivity contribution >= 4 is 22.9 Å². The van der Waals surface area contributed by atoms with E-state index in [2.05, 4.69) is 20.7 Å². The Bertz CT molecular complexity index is 1480. The number of aliphatic hydroxyl groups is 2. The van der Waals surface area contributed by atoms with Gasteiger partial charge in [0.25, 0.3) is 11.9 Å². The van der Waals surface area contributed by atoms with E-state index in [9.17, 15) is 15.0 Å². The molecule has 0 radical (unpaired) electrons. The lowest BCUT2D eigenvalue weighted by Gasteiger charge is -2.17. The van der Waals surface area contributed by atoms with Crippen molar-refractivity contribution in [2.24, 2.45) is 0 Å². The summed E-state index contributed by atoms with van der Waals surface area (Å²) in [5.41, 5.74) is 3.86. The van der Waals surface area contributed by atoms with Crippen molar-refractivity contribution in [2.45, 2.75) is 50.8 Å². The van der Waals surface area contributed by atoms with Gasteiger partial charge >= 0.3 is 0 Å². The van der Waals surface area contributed by atoms with E-state index in [0.717, 1.165) is 23.1 Å². The van der Waals surface area contributed by atoms with Crippen molar-refractivity contribution in [2.75, 3.05) is 25.1 Å². The minimum atomic E-state index is -1.42. The van der Waals surface area contributed by atoms with Crippen molar-refractivity contribution in [3.63, 3.8) is 0 Å². The van der Waals surface area contributed by atoms with Crippen molar-refractivity contribution in [3.8, 4) is 17.1 Å². The van der Waals surface area contributed by atoms with E-state index >= 15 is 0 Å². The fraction of sp³-hybridized carbons (Fsp3) is 0.423. The number of ether oxygens (including phenoxy) is 2. The Morgan fingerprint density at radius 3 is 2.72 bits per heavy atom. The second-order valence-electron chi connectivity index (χ2n) is 9.76. The first-order valence-electron chi connectivity index (χ1n) is 12.9. The van der Waals surface area contributed by atoms with Crippen molar-refractivity contribution in [3.05, 3.63) is 48.5 Å². The Morgan fingerprint density at radius 2 is 1.97 bits per heavy atom. The Kier molecular flexibility index (Phi) is 6.73. The van der Waals surface area contributed by atoms with Crippen LogP contribution in [0.1, 0.15) is 25.1 Å². The van der Waals surface area contributed by atoms with Gasteiger partial charge in [-0.1, -0.05) is 29.8 Å². The molecule has 0 bridgehead atoms. The van der Waals surface area contributed by atoms with Crippen LogP contribution in [0.15, 0.2) is 43.0 Å². The smallest absolute Gasteiger partial charge is 0.254 e. The number of carbonyl (C=O) groups excluding carboxylic acids is 1. The molecular weight excluding hydrogens is 504 g/mol. The van der Waals surface area contributed by atoms with E-state index in [1.807, 2.05) is 37.4 Å². The number of hydrogen-bond donors (Lipinski definition) is 4. The quantitative estimate of drug-likeness (QED) is 0.269. The highest BCUT2D eigenvalue weighted by Crippen LogP contribution is 2.33. The van der Waals surface area contributed by atoms with Crippen molar-refractivity contribution < 1.29 is 24.5 Å². The lowest BCUT2D eigenvalue weighted by Crippen LogP contribution is -2.42. The number of likely N-dealkylation sites (N-methyl/N-ethyl adjacent to an activating group) is 1. The monoisotopic (exact) mass is 534 g/mol. The molecule has 4 N–H and O–H groups in total. The summed E-state index contributed by atoms with van der Waals surface area (Å²) in [4.78, 5) is 26.4. The second kappa shape index (κ2) is 10.3. The molecule has 13 nitrogen and oxygen atoms in total. The Morgan fingerprint density at radius 1 is 1.15 bits per heavy atom. The summed E-state index contributed by atoms with van der Waals surface area (Å²) in [6.45, 7) is 5.34. The van der Waals surface area contributed by atoms with E-state index < -0.39 is 30.4 Å². The molecule has 204 valence electrons. The van der Waals surface area contributed by atoms with Gasteiger partial charge in [0.15, 0.2) is 29.3 Å². The van der Waals surface area contributed by atoms with Crippen molar-refractivity contribution in [1.29, 1.82) is 0 Å². The Labute approximate surface area is 223 Å². The predicted molar refractivity (Wildman–Crippen MR) is 140 cm³/mol. The van der Waals surface area contributed by atoms with Crippen LogP contribution < -0.4 is 10.6 Å². The van der Waals surface area contributed by atoms with Crippen LogP contribution in [0.25, 0.3) is 28.2 Å². The highest BCUT2D eigenvalue weighted by molar-refractivity contribution is 5.84. The predicted octanol–water partition coefficient (Wildman–Crippen LogP) is 0.944. The van der Waals surface area contributed by atoms with E-state index in [0.29, 0.717) is 36.7 Å². The third kappa shape index (κ3) is 4.74. The molecule has 39 heavy (non-hydrogen) atoms. The lowest BCUT2D eigenvalue weighted by atomic mass is 10.1. The number of hydrogen-bond acceptors (Lipinski definition) is 10. The average molecular weight is 535 g/mol. The molecular formula is C26H30N8O5. The number of amides is 1. The third-order valence-electron chi connectivity index (χ3n) is 6.97. The zero-order valence-corrected chi connectivity index (χ0v) is 21.6.